The Morgan fingerprint density at radius 3 is 3.03 bits per heavy atom. The molecule has 1 aromatic heterocycles. The van der Waals surface area contributed by atoms with Gasteiger partial charge in [0.15, 0.2) is 5.82 Å². The smallest absolute Gasteiger partial charge is 0.415 e. The average molecular weight is 416 g/mol. The lowest BCUT2D eigenvalue weighted by molar-refractivity contribution is 0.134. The number of amides is 1. The summed E-state index contributed by atoms with van der Waals surface area (Å²) in [6.07, 6.45) is 2.39. The zero-order chi connectivity index (χ0) is 20.2. The van der Waals surface area contributed by atoms with E-state index < -0.39 is 11.9 Å². The fraction of sp³-hybridized carbons (Fsp3) is 0.158. The molecule has 29 heavy (non-hydrogen) atoms. The molecule has 0 atom stereocenters. The standard InChI is InChI=1S/C19H17FN4O4S/c1-21-29-23-15-4-2-3-13(17(15)20)11-24-10-12-5-6-14(9-16(12)28-19(24)25)27-18-22-7-8-26-18/h2-9,21,23H,10-11H2,1H3. The highest BCUT2D eigenvalue weighted by atomic mass is 32.2. The number of carbonyl (C=O) groups excluding carboxylic acids is 1. The number of benzene rings is 2. The molecule has 1 amide bonds. The molecule has 0 fully saturated rings. The average Bonchev–Trinajstić information content (AvgIpc) is 3.22. The third-order valence-electron chi connectivity index (χ3n) is 4.17. The molecule has 0 aliphatic carbocycles. The van der Waals surface area contributed by atoms with Crippen molar-refractivity contribution in [1.82, 2.24) is 14.6 Å². The Labute approximate surface area is 170 Å². The van der Waals surface area contributed by atoms with Gasteiger partial charge in [0.25, 0.3) is 0 Å². The van der Waals surface area contributed by atoms with E-state index in [-0.39, 0.29) is 19.2 Å². The van der Waals surface area contributed by atoms with Gasteiger partial charge >= 0.3 is 12.2 Å². The van der Waals surface area contributed by atoms with Crippen LogP contribution in [0.1, 0.15) is 11.1 Å². The molecule has 10 heteroatoms. The second-order valence-electron chi connectivity index (χ2n) is 6.08. The van der Waals surface area contributed by atoms with Gasteiger partial charge in [-0.15, -0.1) is 0 Å². The van der Waals surface area contributed by atoms with Crippen LogP contribution in [0.2, 0.25) is 0 Å². The zero-order valence-electron chi connectivity index (χ0n) is 15.3. The number of aromatic nitrogens is 1. The van der Waals surface area contributed by atoms with Gasteiger partial charge in [-0.1, -0.05) is 12.1 Å². The quantitative estimate of drug-likeness (QED) is 0.551. The van der Waals surface area contributed by atoms with Gasteiger partial charge in [0, 0.05) is 29.3 Å². The van der Waals surface area contributed by atoms with Crippen molar-refractivity contribution in [3.05, 3.63) is 65.8 Å². The fourth-order valence-corrected chi connectivity index (χ4v) is 3.20. The lowest BCUT2D eigenvalue weighted by Crippen LogP contribution is -2.36. The topological polar surface area (TPSA) is 88.9 Å². The van der Waals surface area contributed by atoms with E-state index >= 15 is 0 Å². The van der Waals surface area contributed by atoms with Crippen molar-refractivity contribution in [1.29, 1.82) is 0 Å². The number of oxazole rings is 1. The van der Waals surface area contributed by atoms with E-state index in [9.17, 15) is 9.18 Å². The fourth-order valence-electron chi connectivity index (χ4n) is 2.83. The molecule has 2 heterocycles. The molecule has 4 rings (SSSR count). The number of hydrogen-bond donors (Lipinski definition) is 2. The molecule has 0 saturated heterocycles. The highest BCUT2D eigenvalue weighted by Crippen LogP contribution is 2.33. The number of carbonyl (C=O) groups is 1. The summed E-state index contributed by atoms with van der Waals surface area (Å²) in [6.45, 7) is 0.369. The lowest BCUT2D eigenvalue weighted by atomic mass is 10.1. The molecule has 0 radical (unpaired) electrons. The number of nitrogens with one attached hydrogen (secondary N) is 2. The maximum absolute atomic E-state index is 14.7. The van der Waals surface area contributed by atoms with Gasteiger partial charge in [0.1, 0.15) is 17.8 Å². The molecule has 2 aromatic carbocycles. The molecule has 0 bridgehead atoms. The molecule has 0 saturated carbocycles. The number of hydrogen-bond acceptors (Lipinski definition) is 8. The molecule has 2 N–H and O–H groups in total. The van der Waals surface area contributed by atoms with Gasteiger partial charge in [0.2, 0.25) is 0 Å². The number of rotatable bonds is 7. The molecular formula is C19H17FN4O4S. The second-order valence-corrected chi connectivity index (χ2v) is 6.90. The highest BCUT2D eigenvalue weighted by Gasteiger charge is 2.26. The van der Waals surface area contributed by atoms with Gasteiger partial charge < -0.3 is 18.6 Å². The minimum atomic E-state index is -0.562. The number of ether oxygens (including phenoxy) is 2. The lowest BCUT2D eigenvalue weighted by Gasteiger charge is -2.28. The normalized spacial score (nSPS) is 13.0. The maximum Gasteiger partial charge on any atom is 0.415 e. The third-order valence-corrected chi connectivity index (χ3v) is 4.70. The van der Waals surface area contributed by atoms with Crippen LogP contribution in [0.5, 0.6) is 17.6 Å². The Balaban J connectivity index is 1.49. The molecule has 3 aromatic rings. The first-order valence-corrected chi connectivity index (χ1v) is 9.48. The Hall–Kier alpha value is -3.24. The highest BCUT2D eigenvalue weighted by molar-refractivity contribution is 7.98. The summed E-state index contributed by atoms with van der Waals surface area (Å²) in [7, 11) is 1.72. The number of anilines is 1. The van der Waals surface area contributed by atoms with E-state index in [1.54, 1.807) is 43.4 Å². The SMILES string of the molecule is CNSNc1cccc(CN2Cc3ccc(Oc4ncco4)cc3OC2=O)c1F. The summed E-state index contributed by atoms with van der Waals surface area (Å²) in [4.78, 5) is 17.8. The Kier molecular flexibility index (Phi) is 5.54. The first-order valence-electron chi connectivity index (χ1n) is 8.67. The van der Waals surface area contributed by atoms with Gasteiger partial charge in [0.05, 0.1) is 25.0 Å². The molecule has 0 spiro atoms. The van der Waals surface area contributed by atoms with Crippen molar-refractivity contribution >= 4 is 23.9 Å². The van der Waals surface area contributed by atoms with Gasteiger partial charge in [-0.25, -0.2) is 13.9 Å². The van der Waals surface area contributed by atoms with Crippen LogP contribution in [0.4, 0.5) is 14.9 Å². The van der Waals surface area contributed by atoms with Crippen LogP contribution >= 0.6 is 12.1 Å². The minimum absolute atomic E-state index is 0.0818. The molecular weight excluding hydrogens is 399 g/mol. The molecule has 1 aliphatic heterocycles. The maximum atomic E-state index is 14.7. The van der Waals surface area contributed by atoms with E-state index in [0.29, 0.717) is 22.7 Å². The van der Waals surface area contributed by atoms with Gasteiger partial charge in [-0.2, -0.15) is 4.98 Å². The second kappa shape index (κ2) is 8.41. The van der Waals surface area contributed by atoms with Crippen LogP contribution in [0, 0.1) is 5.82 Å². The van der Waals surface area contributed by atoms with E-state index in [1.165, 1.54) is 17.4 Å². The van der Waals surface area contributed by atoms with Crippen molar-refractivity contribution < 1.29 is 23.1 Å². The first-order chi connectivity index (χ1) is 14.1. The molecule has 150 valence electrons. The summed E-state index contributed by atoms with van der Waals surface area (Å²) in [5.41, 5.74) is 1.50. The van der Waals surface area contributed by atoms with E-state index in [1.807, 2.05) is 0 Å². The Morgan fingerprint density at radius 2 is 2.24 bits per heavy atom. The Bertz CT molecular complexity index is 1020. The van der Waals surface area contributed by atoms with Crippen molar-refractivity contribution in [3.8, 4) is 17.6 Å². The van der Waals surface area contributed by atoms with Gasteiger partial charge in [-0.05, 0) is 25.2 Å². The summed E-state index contributed by atoms with van der Waals surface area (Å²) < 4.78 is 36.3. The number of halogens is 1. The number of nitrogens with zero attached hydrogens (tertiary/aromatic N) is 2. The van der Waals surface area contributed by atoms with Crippen LogP contribution in [0.3, 0.4) is 0 Å². The zero-order valence-corrected chi connectivity index (χ0v) is 16.2. The first kappa shape index (κ1) is 19.1. The summed E-state index contributed by atoms with van der Waals surface area (Å²) in [6, 6.07) is 10.1. The van der Waals surface area contributed by atoms with Crippen LogP contribution < -0.4 is 18.9 Å². The van der Waals surface area contributed by atoms with E-state index in [0.717, 1.165) is 17.7 Å². The molecule has 1 aliphatic rings. The summed E-state index contributed by atoms with van der Waals surface area (Å²) in [5.74, 6) is 0.402. The van der Waals surface area contributed by atoms with Gasteiger partial charge in [-0.3, -0.25) is 4.90 Å². The van der Waals surface area contributed by atoms with E-state index in [2.05, 4.69) is 14.4 Å². The van der Waals surface area contributed by atoms with Crippen molar-refractivity contribution in [3.63, 3.8) is 0 Å². The Morgan fingerprint density at radius 1 is 1.34 bits per heavy atom. The van der Waals surface area contributed by atoms with Crippen molar-refractivity contribution in [2.45, 2.75) is 13.1 Å². The van der Waals surface area contributed by atoms with Crippen LogP contribution in [0.15, 0.2) is 53.3 Å². The monoisotopic (exact) mass is 416 g/mol. The summed E-state index contributed by atoms with van der Waals surface area (Å²) >= 11 is 1.16. The molecule has 0 unspecified atom stereocenters. The van der Waals surface area contributed by atoms with E-state index in [4.69, 9.17) is 13.9 Å². The predicted octanol–water partition coefficient (Wildman–Crippen LogP) is 4.32. The summed E-state index contributed by atoms with van der Waals surface area (Å²) in [5, 5.41) is 0. The van der Waals surface area contributed by atoms with Crippen LogP contribution in [-0.4, -0.2) is 23.0 Å². The third kappa shape index (κ3) is 4.28. The predicted molar refractivity (Wildman–Crippen MR) is 105 cm³/mol. The minimum Gasteiger partial charge on any atom is -0.417 e. The van der Waals surface area contributed by atoms with Crippen LogP contribution in [0.25, 0.3) is 0 Å². The molecule has 8 nitrogen and oxygen atoms in total. The van der Waals surface area contributed by atoms with Crippen molar-refractivity contribution in [2.24, 2.45) is 0 Å². The number of fused-ring (bicyclic) bond motifs is 1. The van der Waals surface area contributed by atoms with Crippen LogP contribution in [-0.2, 0) is 13.1 Å². The van der Waals surface area contributed by atoms with Crippen molar-refractivity contribution in [2.75, 3.05) is 11.8 Å². The largest absolute Gasteiger partial charge is 0.417 e.